The molecule has 3 rings (SSSR count). The Morgan fingerprint density at radius 3 is 2.33 bits per heavy atom. The molecule has 1 N–H and O–H groups in total. The van der Waals surface area contributed by atoms with Gasteiger partial charge in [-0.3, -0.25) is 4.90 Å². The Morgan fingerprint density at radius 1 is 1.13 bits per heavy atom. The molecule has 2 saturated carbocycles. The molecule has 1 saturated heterocycles. The Kier molecular flexibility index (Phi) is 2.73. The van der Waals surface area contributed by atoms with Gasteiger partial charge >= 0.3 is 0 Å². The molecule has 1 aliphatic heterocycles. The van der Waals surface area contributed by atoms with Crippen LogP contribution in [0.25, 0.3) is 0 Å². The second-order valence-corrected chi connectivity index (χ2v) is 5.70. The van der Waals surface area contributed by atoms with Gasteiger partial charge in [0, 0.05) is 25.2 Å². The summed E-state index contributed by atoms with van der Waals surface area (Å²) in [6.45, 7) is 6.04. The van der Waals surface area contributed by atoms with Crippen LogP contribution in [0.2, 0.25) is 0 Å². The van der Waals surface area contributed by atoms with E-state index in [1.54, 1.807) is 0 Å². The minimum absolute atomic E-state index is 0.787. The first kappa shape index (κ1) is 10.1. The third-order valence-electron chi connectivity index (χ3n) is 4.34. The van der Waals surface area contributed by atoms with Crippen molar-refractivity contribution in [2.24, 2.45) is 11.8 Å². The Balaban J connectivity index is 1.56. The third-order valence-corrected chi connectivity index (χ3v) is 4.34. The SMILES string of the molecule is CCNC1CCN(C(C2CC2)C2CC2)C1. The van der Waals surface area contributed by atoms with Crippen molar-refractivity contribution in [1.82, 2.24) is 10.2 Å². The van der Waals surface area contributed by atoms with E-state index < -0.39 is 0 Å². The molecule has 2 aliphatic carbocycles. The standard InChI is InChI=1S/C13H24N2/c1-2-14-12-7-8-15(9-12)13(10-3-4-10)11-5-6-11/h10-14H,2-9H2,1H3. The molecule has 86 valence electrons. The van der Waals surface area contributed by atoms with Crippen LogP contribution in [0.1, 0.15) is 39.0 Å². The van der Waals surface area contributed by atoms with Gasteiger partial charge in [0.05, 0.1) is 0 Å². The molecular formula is C13H24N2. The van der Waals surface area contributed by atoms with E-state index in [1.165, 1.54) is 45.2 Å². The summed E-state index contributed by atoms with van der Waals surface area (Å²) in [5.74, 6) is 2.16. The maximum atomic E-state index is 3.61. The Labute approximate surface area is 93.4 Å². The average molecular weight is 208 g/mol. The molecule has 0 bridgehead atoms. The lowest BCUT2D eigenvalue weighted by Crippen LogP contribution is -2.39. The van der Waals surface area contributed by atoms with Gasteiger partial charge in [-0.15, -0.1) is 0 Å². The maximum Gasteiger partial charge on any atom is 0.0207 e. The first-order chi connectivity index (χ1) is 7.38. The summed E-state index contributed by atoms with van der Waals surface area (Å²) in [4.78, 5) is 2.81. The van der Waals surface area contributed by atoms with Crippen molar-refractivity contribution in [3.63, 3.8) is 0 Å². The van der Waals surface area contributed by atoms with Crippen LogP contribution in [0, 0.1) is 11.8 Å². The van der Waals surface area contributed by atoms with E-state index in [9.17, 15) is 0 Å². The van der Waals surface area contributed by atoms with Crippen LogP contribution >= 0.6 is 0 Å². The van der Waals surface area contributed by atoms with E-state index in [0.29, 0.717) is 0 Å². The Bertz CT molecular complexity index is 209. The van der Waals surface area contributed by atoms with Crippen molar-refractivity contribution >= 4 is 0 Å². The van der Waals surface area contributed by atoms with E-state index in [4.69, 9.17) is 0 Å². The van der Waals surface area contributed by atoms with Crippen molar-refractivity contribution in [3.05, 3.63) is 0 Å². The zero-order chi connectivity index (χ0) is 10.3. The summed E-state index contributed by atoms with van der Waals surface area (Å²) >= 11 is 0. The summed E-state index contributed by atoms with van der Waals surface area (Å²) in [7, 11) is 0. The third kappa shape index (κ3) is 2.21. The normalized spacial score (nSPS) is 32.8. The highest BCUT2D eigenvalue weighted by Gasteiger charge is 2.45. The van der Waals surface area contributed by atoms with Gasteiger partial charge in [0.15, 0.2) is 0 Å². The minimum atomic E-state index is 0.787. The van der Waals surface area contributed by atoms with Crippen LogP contribution in [0.3, 0.4) is 0 Å². The predicted molar refractivity (Wildman–Crippen MR) is 62.9 cm³/mol. The molecule has 2 heteroatoms. The fourth-order valence-corrected chi connectivity index (χ4v) is 3.37. The zero-order valence-electron chi connectivity index (χ0n) is 9.91. The van der Waals surface area contributed by atoms with Gasteiger partial charge < -0.3 is 5.32 Å². The monoisotopic (exact) mass is 208 g/mol. The van der Waals surface area contributed by atoms with E-state index >= 15 is 0 Å². The number of hydrogen-bond acceptors (Lipinski definition) is 2. The zero-order valence-corrected chi connectivity index (χ0v) is 9.91. The smallest absolute Gasteiger partial charge is 0.0207 e. The number of hydrogen-bond donors (Lipinski definition) is 1. The molecule has 0 aromatic carbocycles. The molecule has 0 amide bonds. The fourth-order valence-electron chi connectivity index (χ4n) is 3.37. The largest absolute Gasteiger partial charge is 0.313 e. The van der Waals surface area contributed by atoms with Crippen LogP contribution in [0.4, 0.5) is 0 Å². The van der Waals surface area contributed by atoms with Crippen molar-refractivity contribution < 1.29 is 0 Å². The second-order valence-electron chi connectivity index (χ2n) is 5.70. The molecule has 1 atom stereocenters. The molecule has 3 fully saturated rings. The van der Waals surface area contributed by atoms with Gasteiger partial charge in [-0.05, 0) is 50.5 Å². The van der Waals surface area contributed by atoms with E-state index in [-0.39, 0.29) is 0 Å². The van der Waals surface area contributed by atoms with Crippen molar-refractivity contribution in [2.75, 3.05) is 19.6 Å². The number of likely N-dealkylation sites (N-methyl/N-ethyl adjacent to an activating group) is 1. The van der Waals surface area contributed by atoms with Gasteiger partial charge in [-0.2, -0.15) is 0 Å². The lowest BCUT2D eigenvalue weighted by atomic mass is 10.1. The highest BCUT2D eigenvalue weighted by molar-refractivity contribution is 5.00. The quantitative estimate of drug-likeness (QED) is 0.742. The van der Waals surface area contributed by atoms with E-state index in [0.717, 1.165) is 30.5 Å². The van der Waals surface area contributed by atoms with Crippen LogP contribution in [-0.4, -0.2) is 36.6 Å². The van der Waals surface area contributed by atoms with Gasteiger partial charge in [0.1, 0.15) is 0 Å². The molecule has 0 spiro atoms. The van der Waals surface area contributed by atoms with Crippen molar-refractivity contribution in [2.45, 2.75) is 51.1 Å². The summed E-state index contributed by atoms with van der Waals surface area (Å²) < 4.78 is 0. The molecule has 0 aromatic heterocycles. The molecule has 0 radical (unpaired) electrons. The van der Waals surface area contributed by atoms with Crippen molar-refractivity contribution in [1.29, 1.82) is 0 Å². The molecule has 2 nitrogen and oxygen atoms in total. The fraction of sp³-hybridized carbons (Fsp3) is 1.00. The van der Waals surface area contributed by atoms with Gasteiger partial charge in [0.25, 0.3) is 0 Å². The predicted octanol–water partition coefficient (Wildman–Crippen LogP) is 1.86. The molecule has 15 heavy (non-hydrogen) atoms. The molecule has 3 aliphatic rings. The highest BCUT2D eigenvalue weighted by Crippen LogP contribution is 2.47. The number of nitrogens with one attached hydrogen (secondary N) is 1. The Morgan fingerprint density at radius 2 is 1.80 bits per heavy atom. The van der Waals surface area contributed by atoms with Gasteiger partial charge in [0.2, 0.25) is 0 Å². The number of nitrogens with zero attached hydrogens (tertiary/aromatic N) is 1. The minimum Gasteiger partial charge on any atom is -0.313 e. The van der Waals surface area contributed by atoms with Crippen LogP contribution in [-0.2, 0) is 0 Å². The number of rotatable bonds is 5. The average Bonchev–Trinajstić information content (AvgIpc) is 3.11. The van der Waals surface area contributed by atoms with E-state index in [1.807, 2.05) is 0 Å². The van der Waals surface area contributed by atoms with Crippen LogP contribution < -0.4 is 5.32 Å². The van der Waals surface area contributed by atoms with Gasteiger partial charge in [-0.25, -0.2) is 0 Å². The van der Waals surface area contributed by atoms with Gasteiger partial charge in [-0.1, -0.05) is 6.92 Å². The lowest BCUT2D eigenvalue weighted by molar-refractivity contribution is 0.190. The summed E-state index contributed by atoms with van der Waals surface area (Å²) in [6, 6.07) is 1.77. The first-order valence-electron chi connectivity index (χ1n) is 6.86. The van der Waals surface area contributed by atoms with E-state index in [2.05, 4.69) is 17.1 Å². The summed E-state index contributed by atoms with van der Waals surface area (Å²) in [5.41, 5.74) is 0. The Hall–Kier alpha value is -0.0800. The summed E-state index contributed by atoms with van der Waals surface area (Å²) in [6.07, 6.45) is 7.45. The topological polar surface area (TPSA) is 15.3 Å². The molecule has 0 aromatic rings. The molecular weight excluding hydrogens is 184 g/mol. The number of likely N-dealkylation sites (tertiary alicyclic amines) is 1. The molecule has 1 heterocycles. The van der Waals surface area contributed by atoms with Crippen LogP contribution in [0.15, 0.2) is 0 Å². The second kappa shape index (κ2) is 4.06. The van der Waals surface area contributed by atoms with Crippen molar-refractivity contribution in [3.8, 4) is 0 Å². The summed E-state index contributed by atoms with van der Waals surface area (Å²) in [5, 5.41) is 3.61. The highest BCUT2D eigenvalue weighted by atomic mass is 15.2. The first-order valence-corrected chi connectivity index (χ1v) is 6.86. The molecule has 1 unspecified atom stereocenters. The maximum absolute atomic E-state index is 3.61. The lowest BCUT2D eigenvalue weighted by Gasteiger charge is -2.28. The van der Waals surface area contributed by atoms with Crippen LogP contribution in [0.5, 0.6) is 0 Å².